The van der Waals surface area contributed by atoms with Crippen molar-refractivity contribution < 1.29 is 14.6 Å². The molecule has 0 aliphatic carbocycles. The van der Waals surface area contributed by atoms with Gasteiger partial charge in [0, 0.05) is 5.69 Å². The number of benzene rings is 1. The van der Waals surface area contributed by atoms with Crippen LogP contribution in [0.1, 0.15) is 32.0 Å². The van der Waals surface area contributed by atoms with Crippen LogP contribution in [0.25, 0.3) is 0 Å². The summed E-state index contributed by atoms with van der Waals surface area (Å²) in [5, 5.41) is 11.8. The van der Waals surface area contributed by atoms with Crippen LogP contribution in [0.2, 0.25) is 0 Å². The van der Waals surface area contributed by atoms with Crippen LogP contribution in [-0.2, 0) is 16.8 Å². The summed E-state index contributed by atoms with van der Waals surface area (Å²) in [7, 11) is 0. The maximum atomic E-state index is 12.1. The number of aliphatic hydroxyl groups excluding tert-OH is 1. The van der Waals surface area contributed by atoms with Gasteiger partial charge in [-0.15, -0.1) is 0 Å². The number of carbonyl (C=O) groups excluding carboxylic acids is 1. The van der Waals surface area contributed by atoms with Crippen molar-refractivity contribution in [2.24, 2.45) is 0 Å². The Balaban J connectivity index is 1.97. The molecule has 0 aliphatic rings. The fourth-order valence-corrected chi connectivity index (χ4v) is 2.17. The van der Waals surface area contributed by atoms with Gasteiger partial charge >= 0.3 is 0 Å². The lowest BCUT2D eigenvalue weighted by Gasteiger charge is -2.23. The molecule has 0 saturated heterocycles. The lowest BCUT2D eigenvalue weighted by atomic mass is 9.86. The lowest BCUT2D eigenvalue weighted by Crippen LogP contribution is -2.23. The second-order valence-corrected chi connectivity index (χ2v) is 6.28. The summed E-state index contributed by atoms with van der Waals surface area (Å²) in [6, 6.07) is 11.1. The van der Waals surface area contributed by atoms with Crippen molar-refractivity contribution in [3.63, 3.8) is 0 Å². The summed E-state index contributed by atoms with van der Waals surface area (Å²) in [5.41, 5.74) is 2.36. The van der Waals surface area contributed by atoms with E-state index in [1.807, 2.05) is 24.3 Å². The quantitative estimate of drug-likeness (QED) is 0.890. The summed E-state index contributed by atoms with van der Waals surface area (Å²) < 4.78 is 5.41. The Kier molecular flexibility index (Phi) is 5.34. The number of anilines is 1. The molecule has 2 aromatic rings. The number of hydrogen-bond acceptors (Lipinski definition) is 4. The number of nitrogens with one attached hydrogen (secondary N) is 1. The van der Waals surface area contributed by atoms with Crippen LogP contribution in [0, 0.1) is 0 Å². The van der Waals surface area contributed by atoms with Gasteiger partial charge in [-0.25, -0.2) is 0 Å². The molecule has 0 unspecified atom stereocenters. The minimum atomic E-state index is -0.229. The number of ether oxygens (including phenoxy) is 1. The molecular formula is C18H22N2O3. The zero-order valence-electron chi connectivity index (χ0n) is 13.7. The normalized spacial score (nSPS) is 11.1. The number of aromatic nitrogens is 1. The number of amides is 1. The molecule has 0 radical (unpaired) electrons. The van der Waals surface area contributed by atoms with Crippen molar-refractivity contribution in [1.82, 2.24) is 4.98 Å². The van der Waals surface area contributed by atoms with Crippen molar-refractivity contribution in [2.45, 2.75) is 32.8 Å². The first-order valence-electron chi connectivity index (χ1n) is 7.48. The van der Waals surface area contributed by atoms with E-state index >= 15 is 0 Å². The number of aliphatic hydroxyl groups is 1. The highest BCUT2D eigenvalue weighted by molar-refractivity contribution is 5.92. The van der Waals surface area contributed by atoms with Gasteiger partial charge in [0.25, 0.3) is 5.91 Å². The highest BCUT2D eigenvalue weighted by atomic mass is 16.5. The molecule has 0 fully saturated rings. The number of rotatable bonds is 5. The van der Waals surface area contributed by atoms with Crippen LogP contribution < -0.4 is 10.1 Å². The van der Waals surface area contributed by atoms with E-state index < -0.39 is 0 Å². The number of hydrogen-bond donors (Lipinski definition) is 2. The molecule has 1 aromatic heterocycles. The molecule has 0 aliphatic heterocycles. The van der Waals surface area contributed by atoms with Crippen molar-refractivity contribution in [2.75, 3.05) is 11.9 Å². The van der Waals surface area contributed by atoms with Gasteiger partial charge in [-0.1, -0.05) is 39.0 Å². The van der Waals surface area contributed by atoms with Crippen LogP contribution in [0.15, 0.2) is 42.6 Å². The zero-order valence-corrected chi connectivity index (χ0v) is 13.7. The molecule has 5 nitrogen and oxygen atoms in total. The van der Waals surface area contributed by atoms with Gasteiger partial charge in [-0.3, -0.25) is 9.78 Å². The van der Waals surface area contributed by atoms with E-state index in [0.717, 1.165) is 11.3 Å². The predicted molar refractivity (Wildman–Crippen MR) is 89.4 cm³/mol. The molecule has 1 heterocycles. The molecule has 122 valence electrons. The molecular weight excluding hydrogens is 292 g/mol. The highest BCUT2D eigenvalue weighted by Crippen LogP contribution is 2.29. The maximum Gasteiger partial charge on any atom is 0.262 e. The first-order chi connectivity index (χ1) is 10.9. The van der Waals surface area contributed by atoms with Crippen LogP contribution in [-0.4, -0.2) is 22.6 Å². The van der Waals surface area contributed by atoms with E-state index in [1.165, 1.54) is 6.20 Å². The summed E-state index contributed by atoms with van der Waals surface area (Å²) in [5.74, 6) is 0.259. The second kappa shape index (κ2) is 7.24. The molecule has 1 amide bonds. The SMILES string of the molecule is CC(C)(C)c1ccccc1NC(=O)COc1ccc(CO)nc1. The third kappa shape index (κ3) is 4.79. The van der Waals surface area contributed by atoms with E-state index in [2.05, 4.69) is 31.1 Å². The Morgan fingerprint density at radius 2 is 1.96 bits per heavy atom. The van der Waals surface area contributed by atoms with Gasteiger partial charge in [-0.2, -0.15) is 0 Å². The number of nitrogens with zero attached hydrogens (tertiary/aromatic N) is 1. The third-order valence-electron chi connectivity index (χ3n) is 3.34. The fraction of sp³-hybridized carbons (Fsp3) is 0.333. The Bertz CT molecular complexity index is 661. The lowest BCUT2D eigenvalue weighted by molar-refractivity contribution is -0.118. The third-order valence-corrected chi connectivity index (χ3v) is 3.34. The molecule has 2 N–H and O–H groups in total. The van der Waals surface area contributed by atoms with Crippen LogP contribution in [0.5, 0.6) is 5.75 Å². The molecule has 1 aromatic carbocycles. The van der Waals surface area contributed by atoms with Gasteiger partial charge in [0.15, 0.2) is 6.61 Å². The molecule has 23 heavy (non-hydrogen) atoms. The molecule has 0 bridgehead atoms. The van der Waals surface area contributed by atoms with Crippen molar-refractivity contribution in [3.05, 3.63) is 53.9 Å². The molecule has 2 rings (SSSR count). The topological polar surface area (TPSA) is 71.5 Å². The average molecular weight is 314 g/mol. The minimum Gasteiger partial charge on any atom is -0.482 e. The number of para-hydroxylation sites is 1. The summed E-state index contributed by atoms with van der Waals surface area (Å²) in [6.07, 6.45) is 1.49. The predicted octanol–water partition coefficient (Wildman–Crippen LogP) is 2.89. The van der Waals surface area contributed by atoms with E-state index in [-0.39, 0.29) is 24.5 Å². The average Bonchev–Trinajstić information content (AvgIpc) is 2.53. The monoisotopic (exact) mass is 314 g/mol. The second-order valence-electron chi connectivity index (χ2n) is 6.28. The first-order valence-corrected chi connectivity index (χ1v) is 7.48. The largest absolute Gasteiger partial charge is 0.482 e. The van der Waals surface area contributed by atoms with Gasteiger partial charge < -0.3 is 15.2 Å². The Hall–Kier alpha value is -2.40. The van der Waals surface area contributed by atoms with E-state index in [1.54, 1.807) is 12.1 Å². The number of pyridine rings is 1. The van der Waals surface area contributed by atoms with Crippen LogP contribution in [0.4, 0.5) is 5.69 Å². The van der Waals surface area contributed by atoms with Crippen LogP contribution in [0.3, 0.4) is 0 Å². The summed E-state index contributed by atoms with van der Waals surface area (Å²) >= 11 is 0. The first kappa shape index (κ1) is 17.0. The fourth-order valence-electron chi connectivity index (χ4n) is 2.17. The van der Waals surface area contributed by atoms with Crippen molar-refractivity contribution >= 4 is 11.6 Å². The van der Waals surface area contributed by atoms with E-state index in [0.29, 0.717) is 11.4 Å². The van der Waals surface area contributed by atoms with Crippen LogP contribution >= 0.6 is 0 Å². The van der Waals surface area contributed by atoms with E-state index in [9.17, 15) is 4.79 Å². The molecule has 0 atom stereocenters. The molecule has 5 heteroatoms. The molecule has 0 spiro atoms. The van der Waals surface area contributed by atoms with E-state index in [4.69, 9.17) is 9.84 Å². The van der Waals surface area contributed by atoms with Gasteiger partial charge in [-0.05, 0) is 29.2 Å². The van der Waals surface area contributed by atoms with Gasteiger partial charge in [0.2, 0.25) is 0 Å². The molecule has 0 saturated carbocycles. The zero-order chi connectivity index (χ0) is 16.9. The minimum absolute atomic E-state index is 0.0607. The smallest absolute Gasteiger partial charge is 0.262 e. The Morgan fingerprint density at radius 3 is 2.57 bits per heavy atom. The Labute approximate surface area is 136 Å². The maximum absolute atomic E-state index is 12.1. The Morgan fingerprint density at radius 1 is 1.22 bits per heavy atom. The van der Waals surface area contributed by atoms with Gasteiger partial charge in [0.1, 0.15) is 5.75 Å². The number of carbonyl (C=O) groups is 1. The summed E-state index contributed by atoms with van der Waals surface area (Å²) in [4.78, 5) is 16.1. The highest BCUT2D eigenvalue weighted by Gasteiger charge is 2.18. The van der Waals surface area contributed by atoms with Gasteiger partial charge in [0.05, 0.1) is 18.5 Å². The summed E-state index contributed by atoms with van der Waals surface area (Å²) in [6.45, 7) is 6.08. The van der Waals surface area contributed by atoms with Crippen molar-refractivity contribution in [1.29, 1.82) is 0 Å². The van der Waals surface area contributed by atoms with Crippen molar-refractivity contribution in [3.8, 4) is 5.75 Å². The standard InChI is InChI=1S/C18H22N2O3/c1-18(2,3)15-6-4-5-7-16(15)20-17(22)12-23-14-9-8-13(11-21)19-10-14/h4-10,21H,11-12H2,1-3H3,(H,20,22).